The van der Waals surface area contributed by atoms with Gasteiger partial charge in [0.25, 0.3) is 0 Å². The summed E-state index contributed by atoms with van der Waals surface area (Å²) >= 11 is 0. The van der Waals surface area contributed by atoms with Crippen molar-refractivity contribution in [1.29, 1.82) is 0 Å². The second kappa shape index (κ2) is 7.16. The van der Waals surface area contributed by atoms with E-state index in [-0.39, 0.29) is 5.78 Å². The summed E-state index contributed by atoms with van der Waals surface area (Å²) in [4.78, 5) is 18.5. The van der Waals surface area contributed by atoms with Crippen LogP contribution in [0.2, 0.25) is 0 Å². The molecule has 3 heteroatoms. The molecule has 0 unspecified atom stereocenters. The third kappa shape index (κ3) is 3.60. The van der Waals surface area contributed by atoms with Gasteiger partial charge >= 0.3 is 0 Å². The standard InChI is InChI=1S/C24H26N2O/c1-16-4-6-20(17(2)12-16)24(27)14-18-5-7-23-21(13-18)22(15-25-23)19-8-10-26(3)11-9-19/h4-8,12-13,15,25H,9-11,14H2,1-3H3. The molecule has 1 N–H and O–H groups in total. The van der Waals surface area contributed by atoms with Gasteiger partial charge < -0.3 is 9.88 Å². The van der Waals surface area contributed by atoms with Crippen molar-refractivity contribution in [2.24, 2.45) is 0 Å². The van der Waals surface area contributed by atoms with Crippen LogP contribution in [0.15, 0.2) is 48.7 Å². The van der Waals surface area contributed by atoms with Gasteiger partial charge in [-0.2, -0.15) is 0 Å². The van der Waals surface area contributed by atoms with Gasteiger partial charge in [0.1, 0.15) is 0 Å². The molecule has 0 spiro atoms. The molecule has 1 aliphatic rings. The van der Waals surface area contributed by atoms with Crippen LogP contribution < -0.4 is 0 Å². The first-order valence-electron chi connectivity index (χ1n) is 9.59. The molecule has 0 amide bonds. The molecular formula is C24H26N2O. The molecule has 4 rings (SSSR count). The molecule has 27 heavy (non-hydrogen) atoms. The SMILES string of the molecule is Cc1ccc(C(=O)Cc2ccc3[nH]cc(C4=CCN(C)CC4)c3c2)c(C)c1. The summed E-state index contributed by atoms with van der Waals surface area (Å²) in [5, 5.41) is 1.22. The minimum Gasteiger partial charge on any atom is -0.361 e. The van der Waals surface area contributed by atoms with Crippen LogP contribution >= 0.6 is 0 Å². The highest BCUT2D eigenvalue weighted by molar-refractivity contribution is 6.00. The average Bonchev–Trinajstić information content (AvgIpc) is 3.05. The molecule has 0 fully saturated rings. The average molecular weight is 358 g/mol. The number of ketones is 1. The fourth-order valence-corrected chi connectivity index (χ4v) is 3.97. The van der Waals surface area contributed by atoms with Crippen molar-refractivity contribution in [3.63, 3.8) is 0 Å². The minimum absolute atomic E-state index is 0.183. The number of Topliss-reactive ketones (excluding diaryl/α,β-unsaturated/α-hetero) is 1. The fraction of sp³-hybridized carbons (Fsp3) is 0.292. The number of nitrogens with zero attached hydrogens (tertiary/aromatic N) is 1. The zero-order valence-corrected chi connectivity index (χ0v) is 16.3. The second-order valence-electron chi connectivity index (χ2n) is 7.74. The number of aromatic amines is 1. The van der Waals surface area contributed by atoms with Gasteiger partial charge in [-0.1, -0.05) is 35.9 Å². The van der Waals surface area contributed by atoms with Crippen molar-refractivity contribution < 1.29 is 4.79 Å². The predicted molar refractivity (Wildman–Crippen MR) is 112 cm³/mol. The van der Waals surface area contributed by atoms with E-state index in [9.17, 15) is 4.79 Å². The summed E-state index contributed by atoms with van der Waals surface area (Å²) in [6.07, 6.45) is 5.93. The lowest BCUT2D eigenvalue weighted by atomic mass is 9.95. The Morgan fingerprint density at radius 3 is 2.74 bits per heavy atom. The van der Waals surface area contributed by atoms with Crippen LogP contribution in [-0.4, -0.2) is 35.8 Å². The first-order chi connectivity index (χ1) is 13.0. The van der Waals surface area contributed by atoms with Crippen LogP contribution in [0.1, 0.15) is 39.0 Å². The van der Waals surface area contributed by atoms with Gasteiger partial charge in [0.2, 0.25) is 0 Å². The van der Waals surface area contributed by atoms with Gasteiger partial charge in [0.15, 0.2) is 5.78 Å². The van der Waals surface area contributed by atoms with Gasteiger partial charge in [-0.05, 0) is 56.1 Å². The van der Waals surface area contributed by atoms with Crippen molar-refractivity contribution in [2.75, 3.05) is 20.1 Å². The van der Waals surface area contributed by atoms with E-state index >= 15 is 0 Å². The van der Waals surface area contributed by atoms with Crippen LogP contribution in [-0.2, 0) is 6.42 Å². The normalized spacial score (nSPS) is 15.1. The molecule has 0 aliphatic carbocycles. The van der Waals surface area contributed by atoms with E-state index in [1.807, 2.05) is 19.1 Å². The Labute approximate surface area is 160 Å². The van der Waals surface area contributed by atoms with Gasteiger partial charge in [0, 0.05) is 47.7 Å². The monoisotopic (exact) mass is 358 g/mol. The van der Waals surface area contributed by atoms with E-state index in [1.165, 1.54) is 22.1 Å². The van der Waals surface area contributed by atoms with Gasteiger partial charge in [-0.15, -0.1) is 0 Å². The van der Waals surface area contributed by atoms with Crippen molar-refractivity contribution in [2.45, 2.75) is 26.7 Å². The lowest BCUT2D eigenvalue weighted by Gasteiger charge is -2.21. The summed E-state index contributed by atoms with van der Waals surface area (Å²) in [6, 6.07) is 12.4. The third-order valence-electron chi connectivity index (χ3n) is 5.55. The number of hydrogen-bond donors (Lipinski definition) is 1. The van der Waals surface area contributed by atoms with Crippen molar-refractivity contribution in [3.05, 3.63) is 76.5 Å². The maximum absolute atomic E-state index is 12.8. The highest BCUT2D eigenvalue weighted by Crippen LogP contribution is 2.30. The number of rotatable bonds is 4. The number of H-pyrrole nitrogens is 1. The number of nitrogens with one attached hydrogen (secondary N) is 1. The number of aryl methyl sites for hydroxylation is 2. The number of fused-ring (bicyclic) bond motifs is 1. The zero-order chi connectivity index (χ0) is 19.0. The van der Waals surface area contributed by atoms with Crippen LogP contribution in [0.25, 0.3) is 16.5 Å². The minimum atomic E-state index is 0.183. The van der Waals surface area contributed by atoms with Crippen LogP contribution in [0.3, 0.4) is 0 Å². The van der Waals surface area contributed by atoms with Crippen LogP contribution in [0.4, 0.5) is 0 Å². The Morgan fingerprint density at radius 1 is 1.15 bits per heavy atom. The number of carbonyl (C=O) groups is 1. The third-order valence-corrected chi connectivity index (χ3v) is 5.55. The van der Waals surface area contributed by atoms with Gasteiger partial charge in [-0.3, -0.25) is 4.79 Å². The Balaban J connectivity index is 1.63. The molecule has 0 radical (unpaired) electrons. The maximum atomic E-state index is 12.8. The van der Waals surface area contributed by atoms with Crippen molar-refractivity contribution >= 4 is 22.3 Å². The number of carbonyl (C=O) groups excluding carboxylic acids is 1. The molecule has 0 saturated carbocycles. The number of hydrogen-bond acceptors (Lipinski definition) is 2. The lowest BCUT2D eigenvalue weighted by Crippen LogP contribution is -2.23. The Hall–Kier alpha value is -2.65. The topological polar surface area (TPSA) is 36.1 Å². The number of likely N-dealkylation sites (N-methyl/N-ethyl adjacent to an activating group) is 1. The first kappa shape index (κ1) is 17.7. The summed E-state index contributed by atoms with van der Waals surface area (Å²) < 4.78 is 0. The summed E-state index contributed by atoms with van der Waals surface area (Å²) in [6.45, 7) is 6.15. The highest BCUT2D eigenvalue weighted by atomic mass is 16.1. The quantitative estimate of drug-likeness (QED) is 0.671. The molecule has 1 aliphatic heterocycles. The van der Waals surface area contributed by atoms with Gasteiger partial charge in [0.05, 0.1) is 0 Å². The Kier molecular flexibility index (Phi) is 4.71. The molecule has 3 aromatic rings. The van der Waals surface area contributed by atoms with Crippen molar-refractivity contribution in [1.82, 2.24) is 9.88 Å². The van der Waals surface area contributed by atoms with E-state index in [4.69, 9.17) is 0 Å². The van der Waals surface area contributed by atoms with E-state index < -0.39 is 0 Å². The van der Waals surface area contributed by atoms with Crippen LogP contribution in [0.5, 0.6) is 0 Å². The number of benzene rings is 2. The lowest BCUT2D eigenvalue weighted by molar-refractivity contribution is 0.0992. The molecule has 0 saturated heterocycles. The Morgan fingerprint density at radius 2 is 2.00 bits per heavy atom. The smallest absolute Gasteiger partial charge is 0.167 e. The first-order valence-corrected chi connectivity index (χ1v) is 9.59. The Bertz CT molecular complexity index is 1040. The van der Waals surface area contributed by atoms with Crippen LogP contribution in [0, 0.1) is 13.8 Å². The molecule has 0 atom stereocenters. The summed E-state index contributed by atoms with van der Waals surface area (Å²) in [5.41, 5.74) is 7.95. The predicted octanol–water partition coefficient (Wildman–Crippen LogP) is 4.93. The second-order valence-corrected chi connectivity index (χ2v) is 7.74. The maximum Gasteiger partial charge on any atom is 0.167 e. The summed E-state index contributed by atoms with van der Waals surface area (Å²) in [5.74, 6) is 0.183. The van der Waals surface area contributed by atoms with E-state index in [0.717, 1.165) is 41.7 Å². The molecule has 0 bridgehead atoms. The molecule has 2 aromatic carbocycles. The molecular weight excluding hydrogens is 332 g/mol. The molecule has 2 heterocycles. The van der Waals surface area contributed by atoms with Crippen molar-refractivity contribution in [3.8, 4) is 0 Å². The molecule has 1 aromatic heterocycles. The van der Waals surface area contributed by atoms with E-state index in [2.05, 4.69) is 60.4 Å². The highest BCUT2D eigenvalue weighted by Gasteiger charge is 2.15. The fourth-order valence-electron chi connectivity index (χ4n) is 3.97. The summed E-state index contributed by atoms with van der Waals surface area (Å²) in [7, 11) is 2.15. The number of aromatic nitrogens is 1. The largest absolute Gasteiger partial charge is 0.361 e. The van der Waals surface area contributed by atoms with E-state index in [0.29, 0.717) is 6.42 Å². The molecule has 3 nitrogen and oxygen atoms in total. The van der Waals surface area contributed by atoms with E-state index in [1.54, 1.807) is 0 Å². The molecule has 138 valence electrons. The zero-order valence-electron chi connectivity index (χ0n) is 16.3. The van der Waals surface area contributed by atoms with Gasteiger partial charge in [-0.25, -0.2) is 0 Å².